The predicted octanol–water partition coefficient (Wildman–Crippen LogP) is 4.76. The number of hydrogen-bond acceptors (Lipinski definition) is 8. The summed E-state index contributed by atoms with van der Waals surface area (Å²) in [7, 11) is -3.81. The van der Waals surface area contributed by atoms with E-state index in [1.165, 1.54) is 12.1 Å². The number of carbonyl (C=O) groups excluding carboxylic acids is 2. The molecule has 224 valence electrons. The third kappa shape index (κ3) is 5.38. The Hall–Kier alpha value is -4.80. The van der Waals surface area contributed by atoms with Crippen molar-refractivity contribution in [3.05, 3.63) is 126 Å². The standard InChI is InChI=1S/C34H30N2O7S/c37-21-9-22-42-26-18-16-24(17-19-26)31-35-34(20-23-44(40,41)27-12-5-2-6-13-27)30(43-31)28-14-7-8-15-29(28)36(33(34)39)32(38)25-10-3-1-4-11-25/h1-8,10-19,30,37H,9,20-23H2/t30-,34-/m0/s1. The molecule has 6 rings (SSSR count). The molecule has 2 aliphatic rings. The number of carbonyl (C=O) groups is 2. The number of amides is 2. The van der Waals surface area contributed by atoms with E-state index in [1.54, 1.807) is 97.1 Å². The van der Waals surface area contributed by atoms with E-state index in [4.69, 9.17) is 19.6 Å². The van der Waals surface area contributed by atoms with Gasteiger partial charge in [-0.25, -0.2) is 18.3 Å². The largest absolute Gasteiger partial charge is 0.494 e. The zero-order valence-corrected chi connectivity index (χ0v) is 24.5. The smallest absolute Gasteiger partial charge is 0.266 e. The van der Waals surface area contributed by atoms with Crippen molar-refractivity contribution in [2.75, 3.05) is 23.9 Å². The molecule has 0 saturated carbocycles. The van der Waals surface area contributed by atoms with Crippen LogP contribution in [0, 0.1) is 0 Å². The predicted molar refractivity (Wildman–Crippen MR) is 165 cm³/mol. The molecule has 2 aliphatic heterocycles. The summed E-state index contributed by atoms with van der Waals surface area (Å²) in [5.74, 6) is -0.849. The fraction of sp³-hybridized carbons (Fsp3) is 0.206. The van der Waals surface area contributed by atoms with Crippen LogP contribution in [0.2, 0.25) is 0 Å². The molecule has 4 aromatic carbocycles. The van der Waals surface area contributed by atoms with Gasteiger partial charge >= 0.3 is 0 Å². The lowest BCUT2D eigenvalue weighted by atomic mass is 9.80. The molecule has 9 nitrogen and oxygen atoms in total. The molecule has 0 saturated heterocycles. The minimum Gasteiger partial charge on any atom is -0.494 e. The maximum atomic E-state index is 14.6. The van der Waals surface area contributed by atoms with Crippen molar-refractivity contribution in [3.8, 4) is 5.75 Å². The topological polar surface area (TPSA) is 123 Å². The van der Waals surface area contributed by atoms with Crippen LogP contribution in [0.4, 0.5) is 5.69 Å². The molecule has 4 aromatic rings. The Labute approximate surface area is 255 Å². The van der Waals surface area contributed by atoms with E-state index in [0.717, 1.165) is 4.90 Å². The minimum atomic E-state index is -3.81. The molecule has 44 heavy (non-hydrogen) atoms. The first-order valence-corrected chi connectivity index (χ1v) is 15.9. The van der Waals surface area contributed by atoms with E-state index in [1.807, 2.05) is 0 Å². The molecule has 0 fully saturated rings. The first-order chi connectivity index (χ1) is 21.3. The average molecular weight is 611 g/mol. The highest BCUT2D eigenvalue weighted by atomic mass is 32.2. The van der Waals surface area contributed by atoms with E-state index >= 15 is 0 Å². The number of sulfone groups is 1. The lowest BCUT2D eigenvalue weighted by Gasteiger charge is -2.40. The van der Waals surface area contributed by atoms with Crippen molar-refractivity contribution in [1.29, 1.82) is 0 Å². The lowest BCUT2D eigenvalue weighted by Crippen LogP contribution is -2.56. The number of benzene rings is 4. The van der Waals surface area contributed by atoms with Crippen LogP contribution >= 0.6 is 0 Å². The Bertz CT molecular complexity index is 1810. The monoisotopic (exact) mass is 610 g/mol. The number of rotatable bonds is 10. The SMILES string of the molecule is O=C(c1ccccc1)N1C(=O)[C@@]2(CCS(=O)(=O)c3ccccc3)N=C(c3ccc(OCCCO)cc3)O[C@H]2c2ccccc21. The van der Waals surface area contributed by atoms with Crippen molar-refractivity contribution in [3.63, 3.8) is 0 Å². The van der Waals surface area contributed by atoms with Gasteiger partial charge in [0.2, 0.25) is 5.90 Å². The summed E-state index contributed by atoms with van der Waals surface area (Å²) in [6, 6.07) is 30.4. The van der Waals surface area contributed by atoms with Crippen molar-refractivity contribution in [2.24, 2.45) is 4.99 Å². The van der Waals surface area contributed by atoms with Gasteiger partial charge in [0, 0.05) is 36.1 Å². The second-order valence-electron chi connectivity index (χ2n) is 10.5. The third-order valence-corrected chi connectivity index (χ3v) is 9.48. The van der Waals surface area contributed by atoms with Crippen LogP contribution in [0.25, 0.3) is 0 Å². The highest BCUT2D eigenvalue weighted by Gasteiger charge is 2.60. The van der Waals surface area contributed by atoms with Crippen LogP contribution in [0.3, 0.4) is 0 Å². The molecule has 0 radical (unpaired) electrons. The number of hydrogen-bond donors (Lipinski definition) is 1. The molecular weight excluding hydrogens is 580 g/mol. The van der Waals surface area contributed by atoms with E-state index in [0.29, 0.717) is 41.2 Å². The summed E-state index contributed by atoms with van der Waals surface area (Å²) in [6.07, 6.45) is -0.688. The quantitative estimate of drug-likeness (QED) is 0.203. The fourth-order valence-corrected chi connectivity index (χ4v) is 6.88. The molecular formula is C34H30N2O7S. The molecule has 10 heteroatoms. The van der Waals surface area contributed by atoms with E-state index in [2.05, 4.69) is 0 Å². The second kappa shape index (κ2) is 12.1. The second-order valence-corrected chi connectivity index (χ2v) is 12.7. The van der Waals surface area contributed by atoms with Crippen LogP contribution < -0.4 is 9.64 Å². The van der Waals surface area contributed by atoms with Gasteiger partial charge in [-0.15, -0.1) is 0 Å². The first-order valence-electron chi connectivity index (χ1n) is 14.3. The molecule has 2 heterocycles. The number of aliphatic imine (C=N–C) groups is 1. The number of ether oxygens (including phenoxy) is 2. The van der Waals surface area contributed by atoms with E-state index in [9.17, 15) is 18.0 Å². The Kier molecular flexibility index (Phi) is 8.03. The molecule has 0 bridgehead atoms. The van der Waals surface area contributed by atoms with Gasteiger partial charge in [0.05, 0.1) is 22.9 Å². The number of imide groups is 1. The third-order valence-electron chi connectivity index (χ3n) is 7.75. The Morgan fingerprint density at radius 3 is 2.27 bits per heavy atom. The molecule has 2 atom stereocenters. The molecule has 0 aliphatic carbocycles. The van der Waals surface area contributed by atoms with Crippen LogP contribution in [0.1, 0.15) is 40.4 Å². The average Bonchev–Trinajstić information content (AvgIpc) is 3.47. The zero-order chi connectivity index (χ0) is 30.7. The van der Waals surface area contributed by atoms with Gasteiger partial charge in [-0.1, -0.05) is 54.6 Å². The number of para-hydroxylation sites is 1. The van der Waals surface area contributed by atoms with Gasteiger partial charge in [0.15, 0.2) is 21.5 Å². The number of aliphatic hydroxyl groups excluding tert-OH is 1. The fourth-order valence-electron chi connectivity index (χ4n) is 5.49. The van der Waals surface area contributed by atoms with Crippen LogP contribution in [0.5, 0.6) is 5.75 Å². The van der Waals surface area contributed by atoms with Crippen LogP contribution in [-0.2, 0) is 19.4 Å². The van der Waals surface area contributed by atoms with E-state index < -0.39 is 39.0 Å². The van der Waals surface area contributed by atoms with Gasteiger partial charge in [-0.05, 0) is 54.6 Å². The molecule has 0 unspecified atom stereocenters. The zero-order valence-electron chi connectivity index (χ0n) is 23.7. The summed E-state index contributed by atoms with van der Waals surface area (Å²) in [5, 5.41) is 9.02. The molecule has 0 aromatic heterocycles. The Balaban J connectivity index is 1.44. The van der Waals surface area contributed by atoms with Crippen molar-refractivity contribution in [1.82, 2.24) is 0 Å². The highest BCUT2D eigenvalue weighted by Crippen LogP contribution is 2.50. The Morgan fingerprint density at radius 2 is 1.57 bits per heavy atom. The summed E-state index contributed by atoms with van der Waals surface area (Å²) in [5.41, 5.74) is 0.0522. The van der Waals surface area contributed by atoms with Crippen molar-refractivity contribution < 1.29 is 32.6 Å². The van der Waals surface area contributed by atoms with Gasteiger partial charge < -0.3 is 14.6 Å². The van der Waals surface area contributed by atoms with Gasteiger partial charge in [0.1, 0.15) is 5.75 Å². The molecule has 0 spiro atoms. The van der Waals surface area contributed by atoms with Gasteiger partial charge in [-0.3, -0.25) is 9.59 Å². The molecule has 2 amide bonds. The maximum absolute atomic E-state index is 14.6. The number of anilines is 1. The normalized spacial score (nSPS) is 19.0. The van der Waals surface area contributed by atoms with Crippen molar-refractivity contribution >= 4 is 33.2 Å². The lowest BCUT2D eigenvalue weighted by molar-refractivity contribution is -0.126. The molecule has 1 N–H and O–H groups in total. The number of nitrogens with zero attached hydrogens (tertiary/aromatic N) is 2. The number of aliphatic hydroxyl groups is 1. The number of fused-ring (bicyclic) bond motifs is 3. The van der Waals surface area contributed by atoms with Crippen LogP contribution in [0.15, 0.2) is 119 Å². The van der Waals surface area contributed by atoms with Gasteiger partial charge in [0.25, 0.3) is 11.8 Å². The summed E-state index contributed by atoms with van der Waals surface area (Å²) < 4.78 is 38.9. The summed E-state index contributed by atoms with van der Waals surface area (Å²) in [6.45, 7) is 0.371. The summed E-state index contributed by atoms with van der Waals surface area (Å²) >= 11 is 0. The van der Waals surface area contributed by atoms with Gasteiger partial charge in [-0.2, -0.15) is 0 Å². The van der Waals surface area contributed by atoms with Crippen LogP contribution in [-0.4, -0.2) is 55.7 Å². The minimum absolute atomic E-state index is 0.0193. The van der Waals surface area contributed by atoms with Crippen molar-refractivity contribution in [2.45, 2.75) is 29.4 Å². The Morgan fingerprint density at radius 1 is 0.909 bits per heavy atom. The first kappa shape index (κ1) is 29.3. The van der Waals surface area contributed by atoms with E-state index in [-0.39, 0.29) is 23.8 Å². The maximum Gasteiger partial charge on any atom is 0.266 e. The summed E-state index contributed by atoms with van der Waals surface area (Å²) in [4.78, 5) is 34.6. The highest BCUT2D eigenvalue weighted by molar-refractivity contribution is 7.91.